The van der Waals surface area contributed by atoms with Crippen LogP contribution in [0.25, 0.3) is 0 Å². The van der Waals surface area contributed by atoms with E-state index in [1.807, 2.05) is 11.5 Å². The summed E-state index contributed by atoms with van der Waals surface area (Å²) >= 11 is 9.35. The SMILES string of the molecule is Cc1nncn1CCNC(=O)c1cccc(Br)c1Cl. The summed E-state index contributed by atoms with van der Waals surface area (Å²) in [6.07, 6.45) is 1.63. The maximum Gasteiger partial charge on any atom is 0.252 e. The maximum atomic E-state index is 12.0. The lowest BCUT2D eigenvalue weighted by molar-refractivity contribution is 0.0952. The quantitative estimate of drug-likeness (QED) is 0.927. The minimum atomic E-state index is -0.197. The molecule has 1 heterocycles. The third-order valence-corrected chi connectivity index (χ3v) is 3.94. The molecule has 0 spiro atoms. The van der Waals surface area contributed by atoms with Gasteiger partial charge in [-0.15, -0.1) is 10.2 Å². The Labute approximate surface area is 124 Å². The highest BCUT2D eigenvalue weighted by Crippen LogP contribution is 2.25. The van der Waals surface area contributed by atoms with E-state index in [0.717, 1.165) is 5.82 Å². The van der Waals surface area contributed by atoms with Crippen molar-refractivity contribution >= 4 is 33.4 Å². The molecule has 1 aromatic heterocycles. The lowest BCUT2D eigenvalue weighted by atomic mass is 10.2. The molecule has 0 radical (unpaired) electrons. The fourth-order valence-corrected chi connectivity index (χ4v) is 2.17. The molecule has 0 aliphatic carbocycles. The monoisotopic (exact) mass is 342 g/mol. The van der Waals surface area contributed by atoms with Crippen molar-refractivity contribution in [2.24, 2.45) is 0 Å². The first-order valence-electron chi connectivity index (χ1n) is 5.66. The van der Waals surface area contributed by atoms with Crippen molar-refractivity contribution in [3.05, 3.63) is 45.4 Å². The van der Waals surface area contributed by atoms with Crippen LogP contribution >= 0.6 is 27.5 Å². The fourth-order valence-electron chi connectivity index (χ4n) is 1.60. The molecule has 1 aromatic carbocycles. The van der Waals surface area contributed by atoms with Gasteiger partial charge in [-0.25, -0.2) is 0 Å². The predicted molar refractivity (Wildman–Crippen MR) is 76.2 cm³/mol. The molecular weight excluding hydrogens is 332 g/mol. The molecule has 5 nitrogen and oxygen atoms in total. The maximum absolute atomic E-state index is 12.0. The molecule has 0 aliphatic heterocycles. The summed E-state index contributed by atoms with van der Waals surface area (Å²) in [5, 5.41) is 10.9. The highest BCUT2D eigenvalue weighted by Gasteiger charge is 2.11. The number of carbonyl (C=O) groups excluding carboxylic acids is 1. The zero-order valence-corrected chi connectivity index (χ0v) is 12.6. The van der Waals surface area contributed by atoms with E-state index in [2.05, 4.69) is 31.4 Å². The van der Waals surface area contributed by atoms with Crippen molar-refractivity contribution in [2.45, 2.75) is 13.5 Å². The first-order valence-corrected chi connectivity index (χ1v) is 6.83. The number of nitrogens with one attached hydrogen (secondary N) is 1. The van der Waals surface area contributed by atoms with Crippen LogP contribution in [0.3, 0.4) is 0 Å². The van der Waals surface area contributed by atoms with Gasteiger partial charge in [0.05, 0.1) is 10.6 Å². The summed E-state index contributed by atoms with van der Waals surface area (Å²) < 4.78 is 2.57. The van der Waals surface area contributed by atoms with Crippen molar-refractivity contribution in [2.75, 3.05) is 6.54 Å². The van der Waals surface area contributed by atoms with E-state index in [1.54, 1.807) is 24.5 Å². The number of hydrogen-bond acceptors (Lipinski definition) is 3. The second-order valence-corrected chi connectivity index (χ2v) is 5.16. The van der Waals surface area contributed by atoms with Gasteiger partial charge in [0.1, 0.15) is 12.2 Å². The average Bonchev–Trinajstić information content (AvgIpc) is 2.78. The molecule has 1 N–H and O–H groups in total. The van der Waals surface area contributed by atoms with E-state index >= 15 is 0 Å². The van der Waals surface area contributed by atoms with Crippen LogP contribution in [0.5, 0.6) is 0 Å². The molecule has 0 saturated carbocycles. The number of amides is 1. The van der Waals surface area contributed by atoms with Gasteiger partial charge in [0.2, 0.25) is 0 Å². The van der Waals surface area contributed by atoms with Gasteiger partial charge in [-0.05, 0) is 35.0 Å². The summed E-state index contributed by atoms with van der Waals surface area (Å²) in [7, 11) is 0. The highest BCUT2D eigenvalue weighted by molar-refractivity contribution is 9.10. The lowest BCUT2D eigenvalue weighted by Crippen LogP contribution is -2.27. The molecule has 2 rings (SSSR count). The number of nitrogens with zero attached hydrogens (tertiary/aromatic N) is 3. The Morgan fingerprint density at radius 1 is 1.53 bits per heavy atom. The number of hydrogen-bond donors (Lipinski definition) is 1. The molecule has 1 amide bonds. The van der Waals surface area contributed by atoms with Gasteiger partial charge in [0.15, 0.2) is 0 Å². The summed E-state index contributed by atoms with van der Waals surface area (Å²) in [5.74, 6) is 0.617. The number of aromatic nitrogens is 3. The van der Waals surface area contributed by atoms with E-state index in [9.17, 15) is 4.79 Å². The Morgan fingerprint density at radius 3 is 3.00 bits per heavy atom. The Balaban J connectivity index is 1.95. The largest absolute Gasteiger partial charge is 0.350 e. The smallest absolute Gasteiger partial charge is 0.252 e. The Bertz CT molecular complexity index is 599. The molecule has 0 aliphatic rings. The third-order valence-electron chi connectivity index (χ3n) is 2.64. The number of aryl methyl sites for hydroxylation is 1. The molecule has 0 bridgehead atoms. The minimum absolute atomic E-state index is 0.197. The molecular formula is C12H12BrClN4O. The predicted octanol–water partition coefficient (Wildman–Crippen LogP) is 2.43. The molecule has 0 saturated heterocycles. The van der Waals surface area contributed by atoms with Gasteiger partial charge in [-0.2, -0.15) is 0 Å². The first-order chi connectivity index (χ1) is 9.09. The van der Waals surface area contributed by atoms with Crippen LogP contribution < -0.4 is 5.32 Å². The Kier molecular flexibility index (Phi) is 4.55. The van der Waals surface area contributed by atoms with Gasteiger partial charge >= 0.3 is 0 Å². The van der Waals surface area contributed by atoms with Crippen molar-refractivity contribution in [1.29, 1.82) is 0 Å². The van der Waals surface area contributed by atoms with E-state index < -0.39 is 0 Å². The standard InChI is InChI=1S/C12H12BrClN4O/c1-8-17-16-7-18(8)6-5-15-12(19)9-3-2-4-10(13)11(9)14/h2-4,7H,5-6H2,1H3,(H,15,19). The van der Waals surface area contributed by atoms with Gasteiger partial charge in [0.25, 0.3) is 5.91 Å². The summed E-state index contributed by atoms with van der Waals surface area (Å²) in [5.41, 5.74) is 0.455. The number of carbonyl (C=O) groups is 1. The normalized spacial score (nSPS) is 10.5. The van der Waals surface area contributed by atoms with E-state index in [4.69, 9.17) is 11.6 Å². The highest BCUT2D eigenvalue weighted by atomic mass is 79.9. The van der Waals surface area contributed by atoms with Gasteiger partial charge in [-0.3, -0.25) is 4.79 Å². The second kappa shape index (κ2) is 6.16. The van der Waals surface area contributed by atoms with Crippen LogP contribution in [-0.2, 0) is 6.54 Å². The van der Waals surface area contributed by atoms with Crippen LogP contribution in [0.2, 0.25) is 5.02 Å². The van der Waals surface area contributed by atoms with Crippen molar-refractivity contribution in [1.82, 2.24) is 20.1 Å². The molecule has 0 atom stereocenters. The number of rotatable bonds is 4. The van der Waals surface area contributed by atoms with Crippen molar-refractivity contribution in [3.8, 4) is 0 Å². The summed E-state index contributed by atoms with van der Waals surface area (Å²) in [4.78, 5) is 12.0. The summed E-state index contributed by atoms with van der Waals surface area (Å²) in [6, 6.07) is 5.25. The number of benzene rings is 1. The summed E-state index contributed by atoms with van der Waals surface area (Å²) in [6.45, 7) is 2.97. The Morgan fingerprint density at radius 2 is 2.32 bits per heavy atom. The van der Waals surface area contributed by atoms with Crippen LogP contribution in [-0.4, -0.2) is 27.2 Å². The molecule has 100 valence electrons. The van der Waals surface area contributed by atoms with Gasteiger partial charge in [-0.1, -0.05) is 17.7 Å². The van der Waals surface area contributed by atoms with Crippen LogP contribution in [0.4, 0.5) is 0 Å². The van der Waals surface area contributed by atoms with Gasteiger partial charge < -0.3 is 9.88 Å². The fraction of sp³-hybridized carbons (Fsp3) is 0.250. The lowest BCUT2D eigenvalue weighted by Gasteiger charge is -2.08. The molecule has 7 heteroatoms. The zero-order valence-electron chi connectivity index (χ0n) is 10.2. The molecule has 0 fully saturated rings. The number of halogens is 2. The molecule has 19 heavy (non-hydrogen) atoms. The van der Waals surface area contributed by atoms with Crippen LogP contribution in [0.15, 0.2) is 29.0 Å². The van der Waals surface area contributed by atoms with Crippen molar-refractivity contribution in [3.63, 3.8) is 0 Å². The zero-order chi connectivity index (χ0) is 13.8. The average molecular weight is 344 g/mol. The molecule has 0 unspecified atom stereocenters. The molecule has 2 aromatic rings. The first kappa shape index (κ1) is 14.0. The van der Waals surface area contributed by atoms with E-state index in [-0.39, 0.29) is 5.91 Å². The second-order valence-electron chi connectivity index (χ2n) is 3.93. The Hall–Kier alpha value is -1.40. The van der Waals surface area contributed by atoms with E-state index in [1.165, 1.54) is 0 Å². The topological polar surface area (TPSA) is 59.8 Å². The third kappa shape index (κ3) is 3.33. The van der Waals surface area contributed by atoms with Crippen molar-refractivity contribution < 1.29 is 4.79 Å². The van der Waals surface area contributed by atoms with E-state index in [0.29, 0.717) is 28.1 Å². The van der Waals surface area contributed by atoms with Crippen LogP contribution in [0, 0.1) is 6.92 Å². The van der Waals surface area contributed by atoms with Crippen LogP contribution in [0.1, 0.15) is 16.2 Å². The van der Waals surface area contributed by atoms with Gasteiger partial charge in [0, 0.05) is 17.6 Å². The minimum Gasteiger partial charge on any atom is -0.350 e.